The van der Waals surface area contributed by atoms with E-state index in [0.29, 0.717) is 5.69 Å². The molecule has 0 saturated heterocycles. The lowest BCUT2D eigenvalue weighted by Crippen LogP contribution is -2.34. The molecule has 0 bridgehead atoms. The molecule has 1 amide bonds. The van der Waals surface area contributed by atoms with Crippen LogP contribution < -0.4 is 11.1 Å². The highest BCUT2D eigenvalue weighted by Gasteiger charge is 2.29. The standard InChI is InChI=1S/C16H17BrN2O/c1-16(2,11-6-4-3-5-7-11)15(20)19-12-8-9-14(18)13(17)10-12/h3-10H,18H2,1-2H3,(H,19,20). The molecule has 3 nitrogen and oxygen atoms in total. The lowest BCUT2D eigenvalue weighted by Gasteiger charge is -2.24. The van der Waals surface area contributed by atoms with Gasteiger partial charge in [-0.3, -0.25) is 4.79 Å². The van der Waals surface area contributed by atoms with Crippen molar-refractivity contribution in [2.75, 3.05) is 11.1 Å². The number of halogens is 1. The van der Waals surface area contributed by atoms with Gasteiger partial charge >= 0.3 is 0 Å². The summed E-state index contributed by atoms with van der Waals surface area (Å²) in [4.78, 5) is 12.5. The number of hydrogen-bond acceptors (Lipinski definition) is 2. The van der Waals surface area contributed by atoms with E-state index < -0.39 is 5.41 Å². The molecule has 4 heteroatoms. The first-order valence-electron chi connectivity index (χ1n) is 6.33. The molecule has 0 fully saturated rings. The van der Waals surface area contributed by atoms with Gasteiger partial charge in [-0.15, -0.1) is 0 Å². The predicted octanol–water partition coefficient (Wildman–Crippen LogP) is 3.95. The van der Waals surface area contributed by atoms with Gasteiger partial charge in [0.2, 0.25) is 5.91 Å². The molecule has 0 atom stereocenters. The minimum atomic E-state index is -0.602. The van der Waals surface area contributed by atoms with E-state index >= 15 is 0 Å². The molecule has 104 valence electrons. The van der Waals surface area contributed by atoms with E-state index in [1.807, 2.05) is 44.2 Å². The zero-order valence-electron chi connectivity index (χ0n) is 11.5. The normalized spacial score (nSPS) is 11.2. The summed E-state index contributed by atoms with van der Waals surface area (Å²) < 4.78 is 0.771. The molecule has 2 aromatic carbocycles. The molecule has 0 heterocycles. The van der Waals surface area contributed by atoms with Crippen LogP contribution in [-0.2, 0) is 10.2 Å². The number of nitrogens with two attached hydrogens (primary N) is 1. The topological polar surface area (TPSA) is 55.1 Å². The second-order valence-electron chi connectivity index (χ2n) is 5.18. The van der Waals surface area contributed by atoms with Gasteiger partial charge in [0.15, 0.2) is 0 Å². The van der Waals surface area contributed by atoms with Gasteiger partial charge < -0.3 is 11.1 Å². The molecule has 2 rings (SSSR count). The van der Waals surface area contributed by atoms with Crippen molar-refractivity contribution in [1.82, 2.24) is 0 Å². The van der Waals surface area contributed by atoms with Crippen molar-refractivity contribution in [2.45, 2.75) is 19.3 Å². The largest absolute Gasteiger partial charge is 0.398 e. The summed E-state index contributed by atoms with van der Waals surface area (Å²) in [5, 5.41) is 2.92. The van der Waals surface area contributed by atoms with Gasteiger partial charge in [0, 0.05) is 15.8 Å². The first-order valence-corrected chi connectivity index (χ1v) is 7.12. The summed E-state index contributed by atoms with van der Waals surface area (Å²) in [6, 6.07) is 15.1. The van der Waals surface area contributed by atoms with E-state index in [9.17, 15) is 4.79 Å². The van der Waals surface area contributed by atoms with Gasteiger partial charge in [0.25, 0.3) is 0 Å². The van der Waals surface area contributed by atoms with E-state index in [0.717, 1.165) is 15.7 Å². The zero-order chi connectivity index (χ0) is 14.8. The third-order valence-electron chi connectivity index (χ3n) is 3.32. The fourth-order valence-corrected chi connectivity index (χ4v) is 2.26. The van der Waals surface area contributed by atoms with Crippen LogP contribution in [0.15, 0.2) is 53.0 Å². The monoisotopic (exact) mass is 332 g/mol. The molecule has 0 unspecified atom stereocenters. The maximum absolute atomic E-state index is 12.5. The van der Waals surface area contributed by atoms with Crippen LogP contribution in [-0.4, -0.2) is 5.91 Å². The number of nitrogen functional groups attached to an aromatic ring is 1. The van der Waals surface area contributed by atoms with Crippen molar-refractivity contribution in [1.29, 1.82) is 0 Å². The van der Waals surface area contributed by atoms with Crippen molar-refractivity contribution in [2.24, 2.45) is 0 Å². The van der Waals surface area contributed by atoms with Gasteiger partial charge in [-0.2, -0.15) is 0 Å². The predicted molar refractivity (Wildman–Crippen MR) is 86.7 cm³/mol. The summed E-state index contributed by atoms with van der Waals surface area (Å²) in [6.45, 7) is 3.81. The molecule has 0 radical (unpaired) electrons. The Morgan fingerprint density at radius 1 is 1.15 bits per heavy atom. The van der Waals surface area contributed by atoms with Crippen LogP contribution in [0.25, 0.3) is 0 Å². The Balaban J connectivity index is 2.21. The number of carbonyl (C=O) groups excluding carboxylic acids is 1. The molecule has 20 heavy (non-hydrogen) atoms. The van der Waals surface area contributed by atoms with Gasteiger partial charge in [0.1, 0.15) is 0 Å². The second-order valence-corrected chi connectivity index (χ2v) is 6.04. The second kappa shape index (κ2) is 5.67. The summed E-state index contributed by atoms with van der Waals surface area (Å²) in [6.07, 6.45) is 0. The van der Waals surface area contributed by atoms with E-state index in [2.05, 4.69) is 21.2 Å². The average molecular weight is 333 g/mol. The Kier molecular flexibility index (Phi) is 4.14. The van der Waals surface area contributed by atoms with Crippen molar-refractivity contribution in [3.8, 4) is 0 Å². The maximum Gasteiger partial charge on any atom is 0.234 e. The van der Waals surface area contributed by atoms with Crippen LogP contribution in [0.2, 0.25) is 0 Å². The molecule has 3 N–H and O–H groups in total. The first-order chi connectivity index (χ1) is 9.41. The fraction of sp³-hybridized carbons (Fsp3) is 0.188. The van der Waals surface area contributed by atoms with Crippen LogP contribution in [0.5, 0.6) is 0 Å². The van der Waals surface area contributed by atoms with E-state index in [1.54, 1.807) is 18.2 Å². The zero-order valence-corrected chi connectivity index (χ0v) is 13.1. The van der Waals surface area contributed by atoms with Crippen molar-refractivity contribution < 1.29 is 4.79 Å². The molecular formula is C16H17BrN2O. The Morgan fingerprint density at radius 3 is 2.40 bits per heavy atom. The van der Waals surface area contributed by atoms with Crippen LogP contribution >= 0.6 is 15.9 Å². The first kappa shape index (κ1) is 14.6. The molecular weight excluding hydrogens is 316 g/mol. The molecule has 0 aliphatic rings. The van der Waals surface area contributed by atoms with Crippen LogP contribution in [0, 0.1) is 0 Å². The minimum absolute atomic E-state index is 0.0552. The van der Waals surface area contributed by atoms with Crippen molar-refractivity contribution in [3.63, 3.8) is 0 Å². The SMILES string of the molecule is CC(C)(C(=O)Nc1ccc(N)c(Br)c1)c1ccccc1. The maximum atomic E-state index is 12.5. The summed E-state index contributed by atoms with van der Waals surface area (Å²) >= 11 is 3.36. The Morgan fingerprint density at radius 2 is 1.80 bits per heavy atom. The molecule has 0 aliphatic heterocycles. The number of anilines is 2. The fourth-order valence-electron chi connectivity index (χ4n) is 1.88. The highest BCUT2D eigenvalue weighted by molar-refractivity contribution is 9.10. The molecule has 0 aromatic heterocycles. The third kappa shape index (κ3) is 3.02. The van der Waals surface area contributed by atoms with Crippen LogP contribution in [0.3, 0.4) is 0 Å². The van der Waals surface area contributed by atoms with E-state index in [4.69, 9.17) is 5.73 Å². The van der Waals surface area contributed by atoms with Crippen LogP contribution in [0.1, 0.15) is 19.4 Å². The Hall–Kier alpha value is -1.81. The third-order valence-corrected chi connectivity index (χ3v) is 4.01. The van der Waals surface area contributed by atoms with E-state index in [-0.39, 0.29) is 5.91 Å². The smallest absolute Gasteiger partial charge is 0.234 e. The van der Waals surface area contributed by atoms with Gasteiger partial charge in [-0.05, 0) is 53.5 Å². The summed E-state index contributed by atoms with van der Waals surface area (Å²) in [7, 11) is 0. The number of amides is 1. The summed E-state index contributed by atoms with van der Waals surface area (Å²) in [5.41, 5.74) is 7.48. The highest BCUT2D eigenvalue weighted by atomic mass is 79.9. The Bertz CT molecular complexity index is 624. The molecule has 0 spiro atoms. The van der Waals surface area contributed by atoms with Gasteiger partial charge in [-0.25, -0.2) is 0 Å². The number of carbonyl (C=O) groups is 1. The van der Waals surface area contributed by atoms with Crippen molar-refractivity contribution in [3.05, 3.63) is 58.6 Å². The molecule has 0 saturated carbocycles. The van der Waals surface area contributed by atoms with E-state index in [1.165, 1.54) is 0 Å². The lowest BCUT2D eigenvalue weighted by molar-refractivity contribution is -0.120. The minimum Gasteiger partial charge on any atom is -0.398 e. The quantitative estimate of drug-likeness (QED) is 0.836. The molecule has 0 aliphatic carbocycles. The van der Waals surface area contributed by atoms with Gasteiger partial charge in [0.05, 0.1) is 5.41 Å². The van der Waals surface area contributed by atoms with Crippen molar-refractivity contribution >= 4 is 33.2 Å². The Labute approximate surface area is 127 Å². The number of hydrogen-bond donors (Lipinski definition) is 2. The lowest BCUT2D eigenvalue weighted by atomic mass is 9.83. The highest BCUT2D eigenvalue weighted by Crippen LogP contribution is 2.27. The number of nitrogens with one attached hydrogen (secondary N) is 1. The van der Waals surface area contributed by atoms with Gasteiger partial charge in [-0.1, -0.05) is 30.3 Å². The average Bonchev–Trinajstić information content (AvgIpc) is 2.44. The number of rotatable bonds is 3. The van der Waals surface area contributed by atoms with Crippen LogP contribution in [0.4, 0.5) is 11.4 Å². The molecule has 2 aromatic rings. The number of benzene rings is 2. The summed E-state index contributed by atoms with van der Waals surface area (Å²) in [5.74, 6) is -0.0552.